The average Bonchev–Trinajstić information content (AvgIpc) is 2.50. The van der Waals surface area contributed by atoms with Gasteiger partial charge in [-0.25, -0.2) is 0 Å². The van der Waals surface area contributed by atoms with Crippen LogP contribution in [0.4, 0.5) is 0 Å². The Labute approximate surface area is 70.1 Å². The van der Waals surface area contributed by atoms with E-state index in [1.165, 1.54) is 32.1 Å². The van der Waals surface area contributed by atoms with Gasteiger partial charge in [-0.15, -0.1) is 0 Å². The van der Waals surface area contributed by atoms with E-state index in [0.29, 0.717) is 0 Å². The van der Waals surface area contributed by atoms with Crippen LogP contribution in [0.2, 0.25) is 0 Å². The van der Waals surface area contributed by atoms with Gasteiger partial charge in [0.15, 0.2) is 0 Å². The summed E-state index contributed by atoms with van der Waals surface area (Å²) in [5.41, 5.74) is 0. The molecule has 0 amide bonds. The van der Waals surface area contributed by atoms with E-state index in [2.05, 4.69) is 6.92 Å². The van der Waals surface area contributed by atoms with Crippen LogP contribution in [0.1, 0.15) is 38.5 Å². The molecule has 1 nitrogen and oxygen atoms in total. The zero-order valence-electron chi connectivity index (χ0n) is 7.35. The first-order chi connectivity index (χ1) is 5.43. The Hall–Kier alpha value is -0.0400. The van der Waals surface area contributed by atoms with E-state index in [9.17, 15) is 0 Å². The zero-order chi connectivity index (χ0) is 7.94. The second-order valence-corrected chi connectivity index (χ2v) is 3.41. The maximum Gasteiger partial charge on any atom is 0.0468 e. The van der Waals surface area contributed by atoms with E-state index in [4.69, 9.17) is 4.74 Å². The molecule has 1 heteroatoms. The first kappa shape index (κ1) is 9.05. The van der Waals surface area contributed by atoms with Crippen LogP contribution in [-0.2, 0) is 4.74 Å². The largest absolute Gasteiger partial charge is 0.381 e. The molecule has 65 valence electrons. The van der Waals surface area contributed by atoms with Crippen molar-refractivity contribution in [3.8, 4) is 0 Å². The van der Waals surface area contributed by atoms with Crippen molar-refractivity contribution in [2.75, 3.05) is 13.2 Å². The number of hydrogen-bond acceptors (Lipinski definition) is 1. The molecule has 1 fully saturated rings. The molecule has 0 aromatic rings. The van der Waals surface area contributed by atoms with E-state index in [0.717, 1.165) is 25.6 Å². The van der Waals surface area contributed by atoms with Gasteiger partial charge in [0.25, 0.3) is 0 Å². The standard InChI is InChI=1S/C10H19O/c1-2-8-11-9-7-10-5-3-4-6-10/h10H,1-9H2. The van der Waals surface area contributed by atoms with Crippen molar-refractivity contribution in [1.82, 2.24) is 0 Å². The van der Waals surface area contributed by atoms with Gasteiger partial charge >= 0.3 is 0 Å². The van der Waals surface area contributed by atoms with Crippen LogP contribution in [0.15, 0.2) is 0 Å². The second-order valence-electron chi connectivity index (χ2n) is 3.41. The van der Waals surface area contributed by atoms with Crippen molar-refractivity contribution >= 4 is 0 Å². The molecule has 0 N–H and O–H groups in total. The van der Waals surface area contributed by atoms with E-state index < -0.39 is 0 Å². The summed E-state index contributed by atoms with van der Waals surface area (Å²) in [5, 5.41) is 0. The maximum atomic E-state index is 5.38. The van der Waals surface area contributed by atoms with Crippen molar-refractivity contribution in [3.63, 3.8) is 0 Å². The molecule has 0 unspecified atom stereocenters. The predicted molar refractivity (Wildman–Crippen MR) is 47.4 cm³/mol. The lowest BCUT2D eigenvalue weighted by Crippen LogP contribution is -2.01. The normalized spacial score (nSPS) is 19.4. The van der Waals surface area contributed by atoms with Gasteiger partial charge in [-0.2, -0.15) is 0 Å². The minimum atomic E-state index is 0.840. The monoisotopic (exact) mass is 155 g/mol. The van der Waals surface area contributed by atoms with E-state index in [-0.39, 0.29) is 0 Å². The molecule has 0 saturated heterocycles. The topological polar surface area (TPSA) is 9.23 Å². The Morgan fingerprint density at radius 1 is 1.18 bits per heavy atom. The van der Waals surface area contributed by atoms with Crippen molar-refractivity contribution in [2.45, 2.75) is 38.5 Å². The molecule has 1 aliphatic carbocycles. The summed E-state index contributed by atoms with van der Waals surface area (Å²) in [7, 11) is 0. The SMILES string of the molecule is [CH2]CCOCCC1CCCC1. The van der Waals surface area contributed by atoms with Gasteiger partial charge in [0.1, 0.15) is 0 Å². The molecule has 0 bridgehead atoms. The molecule has 1 saturated carbocycles. The number of hydrogen-bond donors (Lipinski definition) is 0. The first-order valence-corrected chi connectivity index (χ1v) is 4.80. The molecule has 11 heavy (non-hydrogen) atoms. The summed E-state index contributed by atoms with van der Waals surface area (Å²) in [6.45, 7) is 5.53. The molecule has 0 heterocycles. The van der Waals surface area contributed by atoms with Gasteiger partial charge < -0.3 is 4.74 Å². The van der Waals surface area contributed by atoms with Crippen LogP contribution in [0.25, 0.3) is 0 Å². The minimum Gasteiger partial charge on any atom is -0.381 e. The van der Waals surface area contributed by atoms with Gasteiger partial charge in [-0.3, -0.25) is 0 Å². The predicted octanol–water partition coefficient (Wildman–Crippen LogP) is 2.81. The van der Waals surface area contributed by atoms with Gasteiger partial charge in [-0.1, -0.05) is 32.6 Å². The van der Waals surface area contributed by atoms with Gasteiger partial charge in [-0.05, 0) is 18.8 Å². The third-order valence-corrected chi connectivity index (χ3v) is 2.43. The van der Waals surface area contributed by atoms with Crippen LogP contribution >= 0.6 is 0 Å². The van der Waals surface area contributed by atoms with E-state index >= 15 is 0 Å². The third-order valence-electron chi connectivity index (χ3n) is 2.43. The first-order valence-electron chi connectivity index (χ1n) is 4.80. The van der Waals surface area contributed by atoms with E-state index in [1.807, 2.05) is 0 Å². The molecule has 0 aromatic carbocycles. The van der Waals surface area contributed by atoms with Crippen molar-refractivity contribution in [1.29, 1.82) is 0 Å². The Morgan fingerprint density at radius 2 is 1.91 bits per heavy atom. The van der Waals surface area contributed by atoms with Crippen molar-refractivity contribution in [3.05, 3.63) is 6.92 Å². The number of ether oxygens (including phenoxy) is 1. The highest BCUT2D eigenvalue weighted by Crippen LogP contribution is 2.27. The lowest BCUT2D eigenvalue weighted by molar-refractivity contribution is 0.124. The molecule has 0 aromatic heterocycles. The summed E-state index contributed by atoms with van der Waals surface area (Å²) in [6, 6.07) is 0. The highest BCUT2D eigenvalue weighted by molar-refractivity contribution is 4.66. The molecule has 1 aliphatic rings. The fraction of sp³-hybridized carbons (Fsp3) is 0.900. The Morgan fingerprint density at radius 3 is 2.55 bits per heavy atom. The summed E-state index contributed by atoms with van der Waals surface area (Å²) < 4.78 is 5.38. The van der Waals surface area contributed by atoms with Crippen molar-refractivity contribution in [2.24, 2.45) is 5.92 Å². The van der Waals surface area contributed by atoms with Gasteiger partial charge in [0.05, 0.1) is 0 Å². The third kappa shape index (κ3) is 3.76. The zero-order valence-corrected chi connectivity index (χ0v) is 7.35. The summed E-state index contributed by atoms with van der Waals surface area (Å²) in [5.74, 6) is 0.972. The summed E-state index contributed by atoms with van der Waals surface area (Å²) in [6.07, 6.45) is 7.95. The Kier molecular flexibility index (Phi) is 4.60. The van der Waals surface area contributed by atoms with Crippen LogP contribution in [-0.4, -0.2) is 13.2 Å². The fourth-order valence-corrected chi connectivity index (χ4v) is 1.75. The molecule has 0 aliphatic heterocycles. The fourth-order valence-electron chi connectivity index (χ4n) is 1.75. The second kappa shape index (κ2) is 5.59. The highest BCUT2D eigenvalue weighted by Gasteiger charge is 2.13. The van der Waals surface area contributed by atoms with Crippen molar-refractivity contribution < 1.29 is 4.74 Å². The Balaban J connectivity index is 1.86. The van der Waals surface area contributed by atoms with E-state index in [1.54, 1.807) is 0 Å². The molecule has 1 rings (SSSR count). The molecule has 0 spiro atoms. The lowest BCUT2D eigenvalue weighted by atomic mass is 10.1. The van der Waals surface area contributed by atoms with Gasteiger partial charge in [0.2, 0.25) is 0 Å². The smallest absolute Gasteiger partial charge is 0.0468 e. The van der Waals surface area contributed by atoms with Crippen LogP contribution in [0, 0.1) is 12.8 Å². The molecular formula is C10H19O. The Bertz CT molecular complexity index is 84.9. The van der Waals surface area contributed by atoms with Gasteiger partial charge in [0, 0.05) is 13.2 Å². The average molecular weight is 155 g/mol. The molecule has 1 radical (unpaired) electrons. The highest BCUT2D eigenvalue weighted by atomic mass is 16.5. The summed E-state index contributed by atoms with van der Waals surface area (Å²) in [4.78, 5) is 0. The number of rotatable bonds is 5. The molecular weight excluding hydrogens is 136 g/mol. The quantitative estimate of drug-likeness (QED) is 0.555. The summed E-state index contributed by atoms with van der Waals surface area (Å²) >= 11 is 0. The van der Waals surface area contributed by atoms with Crippen LogP contribution in [0.5, 0.6) is 0 Å². The molecule has 0 atom stereocenters. The lowest BCUT2D eigenvalue weighted by Gasteiger charge is -2.07. The van der Waals surface area contributed by atoms with Crippen LogP contribution < -0.4 is 0 Å². The minimum absolute atomic E-state index is 0.840. The maximum absolute atomic E-state index is 5.38. The van der Waals surface area contributed by atoms with Crippen LogP contribution in [0.3, 0.4) is 0 Å².